The Morgan fingerprint density at radius 3 is 1.22 bits per heavy atom. The third-order valence-electron chi connectivity index (χ3n) is 16.8. The van der Waals surface area contributed by atoms with E-state index in [2.05, 4.69) is 236 Å². The molecule has 11 rings (SSSR count). The summed E-state index contributed by atoms with van der Waals surface area (Å²) in [6.07, 6.45) is -8.20. The van der Waals surface area contributed by atoms with Gasteiger partial charge in [0.05, 0.1) is 54.8 Å². The number of esters is 2. The number of halogens is 10. The maximum Gasteiger partial charge on any atom is 1.00 e. The molecule has 0 fully saturated rings. The van der Waals surface area contributed by atoms with Crippen molar-refractivity contribution in [3.63, 3.8) is 0 Å². The molecule has 0 aliphatic heterocycles. The average molecular weight is 1920 g/mol. The van der Waals surface area contributed by atoms with E-state index in [-0.39, 0.29) is 96.0 Å². The zero-order chi connectivity index (χ0) is 91.2. The number of alkyl halides is 8. The largest absolute Gasteiger partial charge is 1.00 e. The van der Waals surface area contributed by atoms with Crippen LogP contribution in [0.25, 0.3) is 0 Å². The van der Waals surface area contributed by atoms with Crippen LogP contribution in [0.3, 0.4) is 0 Å². The van der Waals surface area contributed by atoms with E-state index in [0.29, 0.717) is 50.7 Å². The molecule has 0 heterocycles. The molecule has 16 nitrogen and oxygen atoms in total. The summed E-state index contributed by atoms with van der Waals surface area (Å²) in [4.78, 5) is 61.1. The Labute approximate surface area is 774 Å². The van der Waals surface area contributed by atoms with Crippen molar-refractivity contribution in [2.75, 3.05) is 51.2 Å². The van der Waals surface area contributed by atoms with Gasteiger partial charge in [-0.15, -0.1) is 0 Å². The quantitative estimate of drug-likeness (QED) is 0.00891. The fraction of sp³-hybridized carbons (Fsp3) is 0.234. The Morgan fingerprint density at radius 2 is 0.879 bits per heavy atom. The molecule has 0 saturated heterocycles. The second-order valence-electron chi connectivity index (χ2n) is 26.6. The third kappa shape index (κ3) is 43.7. The summed E-state index contributed by atoms with van der Waals surface area (Å²) >= 11 is 17.9. The van der Waals surface area contributed by atoms with E-state index in [9.17, 15) is 50.3 Å². The SMILES string of the molecule is CC(=O)O.CC(=O)O[B-]OC(C)=O.COC(=O)Cc1cccc(O)c1.COC(=O)Cc1cccc(OC[C@H](C)CBr)c1.C[C@@H](CO)CBr.FC(F)(F)c1cccc(CNCC(c2ccccc2)c2ccccc2)c1Cl.NCC(c1ccccc1)c1ccccc1.O=Cc1cccc(C(F)(F)F)c1Cl.P[P+](c1ccccc1)(c1ccccc1)c1ccccc1.[Na+]. The second-order valence-corrected chi connectivity index (χ2v) is 34.0. The minimum absolute atomic E-state index is 0. The molecule has 0 bridgehead atoms. The zero-order valence-corrected chi connectivity index (χ0v) is 78.6. The fourth-order valence-corrected chi connectivity index (χ4v) is 15.9. The van der Waals surface area contributed by atoms with E-state index in [4.69, 9.17) is 53.8 Å². The predicted octanol–water partition coefficient (Wildman–Crippen LogP) is 17.7. The van der Waals surface area contributed by atoms with Crippen LogP contribution in [-0.2, 0) is 74.5 Å². The minimum atomic E-state index is -4.52. The van der Waals surface area contributed by atoms with Crippen LogP contribution in [-0.4, -0.2) is 110 Å². The van der Waals surface area contributed by atoms with Gasteiger partial charge in [-0.25, -0.2) is 0 Å². The van der Waals surface area contributed by atoms with Crippen molar-refractivity contribution in [2.24, 2.45) is 17.6 Å². The standard InChI is InChI=1S/C22H19ClF3N.C18H17P2.C14H15N.C13H17BrO3.C9H10O3.C8H4ClF3O.C4H6BO4.C4H9BrO.C2H4O2.Na/c23-21-18(12-7-13-20(21)22(24,25)26)14-27-15-19(16-8-3-1-4-9-16)17-10-5-2-6-11-17;19-20(16-10-4-1-5-11-16,17-12-6-2-7-13-17)18-14-8-3-9-15-18;15-11-14(12-7-3-1-4-8-12)13-9-5-2-6-10-13;1-10(8-14)9-17-12-5-3-4-11(6-12)7-13(15)16-2;1-12-9(11)6-7-3-2-4-8(10)5-7;9-7-5(4-13)2-1-3-6(7)8(10,11)12;1-3(6)8-5-9-4(2)7;1-4(2-5)3-6;1-2(3)4;/h1-13,19,27H,14-15H2;1-15H,19H2;1-10,14H,11,15H2;3-6,10H,7-9H2,1-2H3;2-5,10H,6H2,1H3;1-4H;1-2H3;4,6H,2-3H2,1H3;1H3,(H,3,4);/q;+1;;;;;-1;;;+1/t;;;10-;;;;4-;;/m...1...1../s1. The number of aliphatic hydroxyl groups excluding tert-OH is 1. The Balaban J connectivity index is 0.000000491. The number of phenolic OH excluding ortho intramolecular Hbond substituents is 1. The molecule has 0 saturated carbocycles. The van der Waals surface area contributed by atoms with Crippen LogP contribution in [0, 0.1) is 11.8 Å². The number of carbonyl (C=O) groups excluding carboxylic acids is 5. The minimum Gasteiger partial charge on any atom is -0.702 e. The van der Waals surface area contributed by atoms with Gasteiger partial charge in [0.1, 0.15) is 42.0 Å². The molecule has 0 aliphatic carbocycles. The molecule has 0 aliphatic rings. The van der Waals surface area contributed by atoms with Crippen molar-refractivity contribution < 1.29 is 124 Å². The molecule has 0 aromatic heterocycles. The molecular weight excluding hydrogens is 1820 g/mol. The van der Waals surface area contributed by atoms with Crippen LogP contribution in [0.15, 0.2) is 297 Å². The van der Waals surface area contributed by atoms with Gasteiger partial charge in [0.15, 0.2) is 6.29 Å². The number of rotatable bonds is 25. The Kier molecular flexibility index (Phi) is 55.7. The van der Waals surface area contributed by atoms with Crippen molar-refractivity contribution in [1.29, 1.82) is 0 Å². The Bertz CT molecular complexity index is 4660. The van der Waals surface area contributed by atoms with Gasteiger partial charge in [-0.05, 0) is 124 Å². The number of aromatic hydroxyl groups is 1. The summed E-state index contributed by atoms with van der Waals surface area (Å²) in [5.41, 5.74) is 10.8. The number of ether oxygens (including phenoxy) is 3. The molecule has 11 aromatic rings. The first-order chi connectivity index (χ1) is 58.7. The topological polar surface area (TPSA) is 247 Å². The van der Waals surface area contributed by atoms with Crippen LogP contribution in [0.2, 0.25) is 10.0 Å². The van der Waals surface area contributed by atoms with E-state index in [1.54, 1.807) is 24.3 Å². The molecule has 0 amide bonds. The first-order valence-corrected chi connectivity index (χ1v) is 44.4. The van der Waals surface area contributed by atoms with Gasteiger partial charge in [0.2, 0.25) is 0 Å². The number of aliphatic hydroxyl groups is 1. The smallest absolute Gasteiger partial charge is 0.702 e. The fourth-order valence-electron chi connectivity index (χ4n) is 10.6. The number of carboxylic acid groups (broad SMARTS) is 1. The number of aliphatic carboxylic acids is 1. The number of hydrogen-bond acceptors (Lipinski definition) is 15. The number of methoxy groups -OCH3 is 2. The first kappa shape index (κ1) is 111. The summed E-state index contributed by atoms with van der Waals surface area (Å²) < 4.78 is 98.6. The molecule has 2 radical (unpaired) electrons. The van der Waals surface area contributed by atoms with Crippen molar-refractivity contribution in [2.45, 2.75) is 78.2 Å². The second kappa shape index (κ2) is 62.2. The van der Waals surface area contributed by atoms with Gasteiger partial charge < -0.3 is 49.9 Å². The third-order valence-corrected chi connectivity index (χ3v) is 25.9. The number of phenols is 1. The van der Waals surface area contributed by atoms with Crippen molar-refractivity contribution in [3.8, 4) is 11.5 Å². The molecule has 6 N–H and O–H groups in total. The van der Waals surface area contributed by atoms with E-state index < -0.39 is 53.4 Å². The summed E-state index contributed by atoms with van der Waals surface area (Å²) in [5, 5.41) is 33.2. The van der Waals surface area contributed by atoms with Crippen LogP contribution >= 0.6 is 70.9 Å². The number of benzene rings is 11. The number of nitrogens with two attached hydrogens (primary N) is 1. The van der Waals surface area contributed by atoms with E-state index >= 15 is 0 Å². The number of carboxylic acids is 1. The molecule has 3 atom stereocenters. The van der Waals surface area contributed by atoms with Gasteiger partial charge >= 0.3 is 53.8 Å². The number of nitrogens with one attached hydrogen (secondary N) is 1. The van der Waals surface area contributed by atoms with Gasteiger partial charge in [-0.1, -0.05) is 293 Å². The monoisotopic (exact) mass is 1920 g/mol. The van der Waals surface area contributed by atoms with Crippen molar-refractivity contribution >= 4 is 131 Å². The van der Waals surface area contributed by atoms with Crippen LogP contribution in [0.4, 0.5) is 26.3 Å². The van der Waals surface area contributed by atoms with E-state index in [1.165, 1.54) is 73.3 Å². The predicted molar refractivity (Wildman–Crippen MR) is 490 cm³/mol. The summed E-state index contributed by atoms with van der Waals surface area (Å²) in [7, 11) is 6.60. The van der Waals surface area contributed by atoms with Gasteiger partial charge in [-0.2, -0.15) is 26.3 Å². The summed E-state index contributed by atoms with van der Waals surface area (Å²) in [5.74, 6) is -0.187. The van der Waals surface area contributed by atoms with E-state index in [1.807, 2.05) is 79.7 Å². The molecule has 654 valence electrons. The van der Waals surface area contributed by atoms with Crippen LogP contribution < -0.4 is 61.3 Å². The average Bonchev–Trinajstić information content (AvgIpc) is 0.770. The molecule has 1 unspecified atom stereocenters. The zero-order valence-electron chi connectivity index (χ0n) is 69.8. The van der Waals surface area contributed by atoms with E-state index in [0.717, 1.165) is 63.8 Å². The molecule has 0 spiro atoms. The maximum absolute atomic E-state index is 13.0. The summed E-state index contributed by atoms with van der Waals surface area (Å²) in [6.45, 7) is 8.41. The molecule has 30 heteroatoms. The first-order valence-electron chi connectivity index (χ1n) is 38.0. The maximum atomic E-state index is 13.0. The van der Waals surface area contributed by atoms with Gasteiger partial charge in [0.25, 0.3) is 17.9 Å². The molecule has 124 heavy (non-hydrogen) atoms. The Hall–Kier alpha value is -9.04. The number of carbonyl (C=O) groups is 6. The van der Waals surface area contributed by atoms with Crippen molar-refractivity contribution in [3.05, 3.63) is 363 Å². The van der Waals surface area contributed by atoms with Crippen LogP contribution in [0.1, 0.15) is 107 Å². The van der Waals surface area contributed by atoms with Gasteiger partial charge in [0, 0.05) is 84.0 Å². The molecule has 11 aromatic carbocycles. The number of aldehydes is 1. The normalized spacial score (nSPS) is 10.9. The van der Waals surface area contributed by atoms with Crippen molar-refractivity contribution in [1.82, 2.24) is 5.32 Å². The Morgan fingerprint density at radius 1 is 0.524 bits per heavy atom. The number of hydrogen-bond donors (Lipinski definition) is 5. The summed E-state index contributed by atoms with van der Waals surface area (Å²) in [6, 6.07) is 94.5. The van der Waals surface area contributed by atoms with Gasteiger partial charge in [-0.3, -0.25) is 28.8 Å². The van der Waals surface area contributed by atoms with Crippen LogP contribution in [0.5, 0.6) is 11.5 Å². The molecular formula is C94H101BBr2Cl2F6N2NaO14P2+.